The van der Waals surface area contributed by atoms with Crippen molar-refractivity contribution in [3.63, 3.8) is 0 Å². The fourth-order valence-corrected chi connectivity index (χ4v) is 2.94. The van der Waals surface area contributed by atoms with E-state index in [-0.39, 0.29) is 17.0 Å². The van der Waals surface area contributed by atoms with Crippen molar-refractivity contribution in [3.8, 4) is 5.75 Å². The quantitative estimate of drug-likeness (QED) is 0.650. The van der Waals surface area contributed by atoms with Gasteiger partial charge in [0, 0.05) is 23.4 Å². The lowest BCUT2D eigenvalue weighted by molar-refractivity contribution is -0.384. The van der Waals surface area contributed by atoms with E-state index < -0.39 is 20.7 Å². The van der Waals surface area contributed by atoms with Crippen molar-refractivity contribution in [1.29, 1.82) is 0 Å². The Kier molecular flexibility index (Phi) is 4.08. The smallest absolute Gasteiger partial charge is 0.270 e. The highest BCUT2D eigenvalue weighted by molar-refractivity contribution is 7.91. The van der Waals surface area contributed by atoms with Gasteiger partial charge in [-0.15, -0.1) is 0 Å². The lowest BCUT2D eigenvalue weighted by Crippen LogP contribution is -2.15. The fourth-order valence-electron chi connectivity index (χ4n) is 1.73. The van der Waals surface area contributed by atoms with Gasteiger partial charge in [0.2, 0.25) is 10.0 Å². The van der Waals surface area contributed by atoms with Gasteiger partial charge in [-0.25, -0.2) is 8.42 Å². The molecular formula is C13H12N2O5S. The predicted molar refractivity (Wildman–Crippen MR) is 77.4 cm³/mol. The molecule has 21 heavy (non-hydrogen) atoms. The van der Waals surface area contributed by atoms with E-state index in [1.54, 1.807) is 30.3 Å². The molecule has 2 aromatic rings. The van der Waals surface area contributed by atoms with E-state index in [2.05, 4.69) is 4.72 Å². The summed E-state index contributed by atoms with van der Waals surface area (Å²) in [6.07, 6.45) is 0. The molecule has 0 bridgehead atoms. The normalized spacial score (nSPS) is 11.0. The Bertz CT molecular complexity index is 759. The van der Waals surface area contributed by atoms with Crippen LogP contribution in [0.3, 0.4) is 0 Å². The molecule has 0 atom stereocenters. The summed E-state index contributed by atoms with van der Waals surface area (Å²) < 4.78 is 26.4. The van der Waals surface area contributed by atoms with Crippen molar-refractivity contribution < 1.29 is 18.4 Å². The van der Waals surface area contributed by atoms with Crippen molar-refractivity contribution in [1.82, 2.24) is 0 Å². The summed E-state index contributed by atoms with van der Waals surface area (Å²) in [6.45, 7) is 0. The largest absolute Gasteiger partial charge is 0.508 e. The zero-order valence-corrected chi connectivity index (χ0v) is 11.6. The van der Waals surface area contributed by atoms with Gasteiger partial charge in [0.1, 0.15) is 5.75 Å². The van der Waals surface area contributed by atoms with E-state index in [1.807, 2.05) is 0 Å². The molecule has 0 aliphatic carbocycles. The molecule has 2 N–H and O–H groups in total. The highest BCUT2D eigenvalue weighted by Crippen LogP contribution is 2.25. The molecule has 0 radical (unpaired) electrons. The first kappa shape index (κ1) is 14.8. The molecule has 0 spiro atoms. The van der Waals surface area contributed by atoms with Crippen LogP contribution < -0.4 is 4.72 Å². The molecule has 0 amide bonds. The molecule has 0 saturated carbocycles. The molecule has 8 heteroatoms. The Hall–Kier alpha value is -2.61. The summed E-state index contributed by atoms with van der Waals surface area (Å²) in [6, 6.07) is 11.5. The standard InChI is InChI=1S/C13H12N2O5S/c16-13-7-6-12(15(17)18)8-10(13)9-21(19,20)14-11-4-2-1-3-5-11/h1-8,14,16H,9H2. The van der Waals surface area contributed by atoms with E-state index in [4.69, 9.17) is 0 Å². The number of aromatic hydroxyl groups is 1. The summed E-state index contributed by atoms with van der Waals surface area (Å²) in [5.74, 6) is -0.867. The summed E-state index contributed by atoms with van der Waals surface area (Å²) in [4.78, 5) is 10.0. The molecule has 0 aliphatic rings. The van der Waals surface area contributed by atoms with Crippen LogP contribution in [0.5, 0.6) is 5.75 Å². The third-order valence-electron chi connectivity index (χ3n) is 2.67. The van der Waals surface area contributed by atoms with Gasteiger partial charge in [0.15, 0.2) is 0 Å². The van der Waals surface area contributed by atoms with Crippen LogP contribution in [-0.4, -0.2) is 18.4 Å². The number of anilines is 1. The third kappa shape index (κ3) is 3.93. The highest BCUT2D eigenvalue weighted by atomic mass is 32.2. The van der Waals surface area contributed by atoms with Gasteiger partial charge in [-0.3, -0.25) is 14.8 Å². The second-order valence-corrected chi connectivity index (χ2v) is 6.02. The Balaban J connectivity index is 2.24. The van der Waals surface area contributed by atoms with Crippen molar-refractivity contribution in [2.75, 3.05) is 4.72 Å². The van der Waals surface area contributed by atoms with Crippen LogP contribution in [0.25, 0.3) is 0 Å². The maximum Gasteiger partial charge on any atom is 0.270 e. The minimum atomic E-state index is -3.79. The van der Waals surface area contributed by atoms with Crippen LogP contribution in [-0.2, 0) is 15.8 Å². The summed E-state index contributed by atoms with van der Waals surface area (Å²) in [5.41, 5.74) is 0.0627. The van der Waals surface area contributed by atoms with Crippen LogP contribution in [0.15, 0.2) is 48.5 Å². The van der Waals surface area contributed by atoms with Crippen LogP contribution in [0.4, 0.5) is 11.4 Å². The van der Waals surface area contributed by atoms with Crippen LogP contribution in [0.1, 0.15) is 5.56 Å². The first-order chi connectivity index (χ1) is 9.87. The van der Waals surface area contributed by atoms with Gasteiger partial charge in [0.25, 0.3) is 5.69 Å². The first-order valence-electron chi connectivity index (χ1n) is 5.89. The van der Waals surface area contributed by atoms with E-state index in [9.17, 15) is 23.6 Å². The maximum absolute atomic E-state index is 12.0. The Morgan fingerprint density at radius 3 is 2.43 bits per heavy atom. The molecule has 0 unspecified atom stereocenters. The SMILES string of the molecule is O=[N+]([O-])c1ccc(O)c(CS(=O)(=O)Nc2ccccc2)c1. The lowest BCUT2D eigenvalue weighted by Gasteiger charge is -2.09. The average Bonchev–Trinajstić information content (AvgIpc) is 2.41. The number of non-ortho nitro benzene ring substituents is 1. The van der Waals surface area contributed by atoms with Gasteiger partial charge in [-0.1, -0.05) is 18.2 Å². The number of benzene rings is 2. The van der Waals surface area contributed by atoms with Crippen molar-refractivity contribution in [2.24, 2.45) is 0 Å². The van der Waals surface area contributed by atoms with Crippen molar-refractivity contribution >= 4 is 21.4 Å². The van der Waals surface area contributed by atoms with E-state index in [0.717, 1.165) is 18.2 Å². The van der Waals surface area contributed by atoms with Gasteiger partial charge in [-0.05, 0) is 18.2 Å². The minimum absolute atomic E-state index is 0.0346. The number of nitro benzene ring substituents is 1. The number of nitro groups is 1. The molecule has 2 rings (SSSR count). The summed E-state index contributed by atoms with van der Waals surface area (Å²) in [5, 5.41) is 20.3. The average molecular weight is 308 g/mol. The number of nitrogens with zero attached hydrogens (tertiary/aromatic N) is 1. The number of rotatable bonds is 5. The Labute approximate surface area is 121 Å². The van der Waals surface area contributed by atoms with Crippen LogP contribution in [0.2, 0.25) is 0 Å². The van der Waals surface area contributed by atoms with Gasteiger partial charge >= 0.3 is 0 Å². The second kappa shape index (κ2) is 5.80. The fraction of sp³-hybridized carbons (Fsp3) is 0.0769. The third-order valence-corrected chi connectivity index (χ3v) is 3.90. The van der Waals surface area contributed by atoms with Gasteiger partial charge in [-0.2, -0.15) is 0 Å². The number of phenols is 1. The number of hydrogen-bond donors (Lipinski definition) is 2. The molecule has 7 nitrogen and oxygen atoms in total. The van der Waals surface area contributed by atoms with Gasteiger partial charge < -0.3 is 5.11 Å². The topological polar surface area (TPSA) is 110 Å². The molecular weight excluding hydrogens is 296 g/mol. The van der Waals surface area contributed by atoms with Crippen LogP contribution in [0, 0.1) is 10.1 Å². The Morgan fingerprint density at radius 2 is 1.81 bits per heavy atom. The van der Waals surface area contributed by atoms with Crippen LogP contribution >= 0.6 is 0 Å². The molecule has 0 fully saturated rings. The predicted octanol–water partition coefficient (Wildman–Crippen LogP) is 2.24. The lowest BCUT2D eigenvalue weighted by atomic mass is 10.2. The summed E-state index contributed by atoms with van der Waals surface area (Å²) in [7, 11) is -3.79. The molecule has 110 valence electrons. The second-order valence-electron chi connectivity index (χ2n) is 4.30. The zero-order valence-electron chi connectivity index (χ0n) is 10.8. The first-order valence-corrected chi connectivity index (χ1v) is 7.54. The number of hydrogen-bond acceptors (Lipinski definition) is 5. The number of sulfonamides is 1. The van der Waals surface area contributed by atoms with E-state index in [1.165, 1.54) is 0 Å². The number of phenolic OH excluding ortho intramolecular Hbond substituents is 1. The molecule has 2 aromatic carbocycles. The highest BCUT2D eigenvalue weighted by Gasteiger charge is 2.17. The minimum Gasteiger partial charge on any atom is -0.508 e. The van der Waals surface area contributed by atoms with Crippen molar-refractivity contribution in [3.05, 3.63) is 64.2 Å². The molecule has 0 heterocycles. The molecule has 0 aliphatic heterocycles. The van der Waals surface area contributed by atoms with E-state index >= 15 is 0 Å². The number of nitrogens with one attached hydrogen (secondary N) is 1. The maximum atomic E-state index is 12.0. The molecule has 0 saturated heterocycles. The monoisotopic (exact) mass is 308 g/mol. The molecule has 0 aromatic heterocycles. The van der Waals surface area contributed by atoms with E-state index in [0.29, 0.717) is 5.69 Å². The number of para-hydroxylation sites is 1. The van der Waals surface area contributed by atoms with Crippen molar-refractivity contribution in [2.45, 2.75) is 5.75 Å². The zero-order chi connectivity index (χ0) is 15.5. The van der Waals surface area contributed by atoms with Gasteiger partial charge in [0.05, 0.1) is 10.7 Å². The Morgan fingerprint density at radius 1 is 1.14 bits per heavy atom. The summed E-state index contributed by atoms with van der Waals surface area (Å²) >= 11 is 0.